The summed E-state index contributed by atoms with van der Waals surface area (Å²) < 4.78 is 0. The third-order valence-corrected chi connectivity index (χ3v) is 0. The van der Waals surface area contributed by atoms with E-state index < -0.39 is 0 Å². The summed E-state index contributed by atoms with van der Waals surface area (Å²) in [6.07, 6.45) is 0. The van der Waals surface area contributed by atoms with Gasteiger partial charge in [0.15, 0.2) is 0 Å². The van der Waals surface area contributed by atoms with Gasteiger partial charge in [0.1, 0.15) is 0 Å². The Labute approximate surface area is 83.2 Å². The molecule has 1 nitrogen and oxygen atoms in total. The van der Waals surface area contributed by atoms with Crippen LogP contribution >= 0.6 is 0 Å². The van der Waals surface area contributed by atoms with Crippen LogP contribution in [-0.2, 0) is 33.8 Å². The molecule has 4 heavy (non-hydrogen) atoms. The molecule has 0 aromatic carbocycles. The van der Waals surface area contributed by atoms with Crippen LogP contribution in [-0.4, -0.2) is 51.0 Å². The second kappa shape index (κ2) is 17.9. The predicted octanol–water partition coefficient (Wildman–Crippen LogP) is -1.75. The van der Waals surface area contributed by atoms with Gasteiger partial charge in [0.05, 0.1) is 0 Å². The first-order valence-corrected chi connectivity index (χ1v) is 0. The van der Waals surface area contributed by atoms with Gasteiger partial charge in [-0.2, -0.15) is 0 Å². The van der Waals surface area contributed by atoms with Gasteiger partial charge in [-0.15, -0.1) is 0 Å². The zero-order valence-corrected chi connectivity index (χ0v) is 3.33. The van der Waals surface area contributed by atoms with E-state index >= 15 is 0 Å². The third kappa shape index (κ3) is 8.82. The van der Waals surface area contributed by atoms with Gasteiger partial charge in [-0.3, -0.25) is 0 Å². The second-order valence-electron chi connectivity index (χ2n) is 0. The molecule has 0 unspecified atom stereocenters. The van der Waals surface area contributed by atoms with Gasteiger partial charge >= 0.3 is 45.5 Å². The summed E-state index contributed by atoms with van der Waals surface area (Å²) in [5, 5.41) is 0. The van der Waals surface area contributed by atoms with Crippen LogP contribution in [0.1, 0.15) is 0 Å². The predicted molar refractivity (Wildman–Crippen MR) is 12.2 cm³/mol. The van der Waals surface area contributed by atoms with Crippen LogP contribution in [0.4, 0.5) is 0 Å². The molecular formula is H4CoFeOSr. The van der Waals surface area contributed by atoms with E-state index in [1.807, 2.05) is 0 Å². The Morgan fingerprint density at radius 3 is 1.00 bits per heavy atom. The van der Waals surface area contributed by atoms with Crippen molar-refractivity contribution < 1.29 is 39.3 Å². The summed E-state index contributed by atoms with van der Waals surface area (Å²) in [7, 11) is 0. The number of hydrogen-bond acceptors (Lipinski definition) is 0. The second-order valence-corrected chi connectivity index (χ2v) is 0. The summed E-state index contributed by atoms with van der Waals surface area (Å²) >= 11 is 0. The van der Waals surface area contributed by atoms with Gasteiger partial charge < -0.3 is 5.48 Å². The van der Waals surface area contributed by atoms with E-state index in [4.69, 9.17) is 0 Å². The van der Waals surface area contributed by atoms with Gasteiger partial charge in [0, 0.05) is 33.8 Å². The SMILES string of the molecule is O.[Co].[Fe].[SrH2]. The molecule has 1 radical (unpaired) electrons. The van der Waals surface area contributed by atoms with Crippen LogP contribution in [0.25, 0.3) is 0 Å². The first-order valence-electron chi connectivity index (χ1n) is 0. The van der Waals surface area contributed by atoms with E-state index in [-0.39, 0.29) is 84.8 Å². The number of rotatable bonds is 0. The molecule has 0 atom stereocenters. The van der Waals surface area contributed by atoms with E-state index in [2.05, 4.69) is 0 Å². The molecule has 0 fully saturated rings. The van der Waals surface area contributed by atoms with Gasteiger partial charge in [-0.05, 0) is 0 Å². The van der Waals surface area contributed by atoms with E-state index in [0.29, 0.717) is 0 Å². The molecule has 0 aromatic rings. The molecule has 2 N–H and O–H groups in total. The van der Waals surface area contributed by atoms with Crippen molar-refractivity contribution in [2.45, 2.75) is 0 Å². The van der Waals surface area contributed by atoms with E-state index in [9.17, 15) is 0 Å². The quantitative estimate of drug-likeness (QED) is 0.436. The summed E-state index contributed by atoms with van der Waals surface area (Å²) in [6, 6.07) is 0. The summed E-state index contributed by atoms with van der Waals surface area (Å²) in [6.45, 7) is 0. The minimum atomic E-state index is 0. The molecule has 0 saturated carbocycles. The Bertz CT molecular complexity index is 8.00. The molecule has 0 aliphatic heterocycles. The Kier molecular flexibility index (Phi) is 142. The fourth-order valence-electron chi connectivity index (χ4n) is 0. The van der Waals surface area contributed by atoms with E-state index in [1.54, 1.807) is 0 Å². The molecular weight excluding hydrogens is 218 g/mol. The Hall–Kier alpha value is 2.47. The van der Waals surface area contributed by atoms with Crippen molar-refractivity contribution >= 4 is 45.5 Å². The first-order chi connectivity index (χ1) is 0. The van der Waals surface area contributed by atoms with E-state index in [0.717, 1.165) is 0 Å². The fourth-order valence-corrected chi connectivity index (χ4v) is 0. The monoisotopic (exact) mass is 223 g/mol. The van der Waals surface area contributed by atoms with Gasteiger partial charge in [-0.25, -0.2) is 0 Å². The molecule has 0 spiro atoms. The van der Waals surface area contributed by atoms with Crippen molar-refractivity contribution in [3.05, 3.63) is 0 Å². The van der Waals surface area contributed by atoms with Crippen LogP contribution in [0.5, 0.6) is 0 Å². The van der Waals surface area contributed by atoms with Crippen LogP contribution in [0.2, 0.25) is 0 Å². The molecule has 0 aliphatic rings. The maximum absolute atomic E-state index is 0. The zero-order valence-electron chi connectivity index (χ0n) is 1.19. The molecule has 0 aromatic heterocycles. The number of hydrogen-bond donors (Lipinski definition) is 0. The van der Waals surface area contributed by atoms with Crippen LogP contribution < -0.4 is 0 Å². The van der Waals surface area contributed by atoms with Crippen LogP contribution in [0, 0.1) is 0 Å². The minimum absolute atomic E-state index is 0. The molecule has 0 saturated heterocycles. The van der Waals surface area contributed by atoms with Gasteiger partial charge in [0.2, 0.25) is 0 Å². The first kappa shape index (κ1) is 31.8. The van der Waals surface area contributed by atoms with Crippen molar-refractivity contribution in [3.8, 4) is 0 Å². The summed E-state index contributed by atoms with van der Waals surface area (Å²) in [5.74, 6) is 0. The van der Waals surface area contributed by atoms with Gasteiger partial charge in [-0.1, -0.05) is 0 Å². The molecule has 0 aliphatic carbocycles. The zero-order chi connectivity index (χ0) is 0. The van der Waals surface area contributed by atoms with Crippen molar-refractivity contribution in [1.29, 1.82) is 0 Å². The van der Waals surface area contributed by atoms with Gasteiger partial charge in [0.25, 0.3) is 0 Å². The van der Waals surface area contributed by atoms with Crippen molar-refractivity contribution in [2.75, 3.05) is 0 Å². The Morgan fingerprint density at radius 2 is 1.00 bits per heavy atom. The van der Waals surface area contributed by atoms with Crippen molar-refractivity contribution in [3.63, 3.8) is 0 Å². The Balaban J connectivity index is 0. The van der Waals surface area contributed by atoms with Crippen LogP contribution in [0.3, 0.4) is 0 Å². The van der Waals surface area contributed by atoms with Crippen molar-refractivity contribution in [2.24, 2.45) is 0 Å². The molecule has 0 rings (SSSR count). The average Bonchev–Trinajstić information content (AvgIpc) is 0. The van der Waals surface area contributed by atoms with Crippen molar-refractivity contribution in [1.82, 2.24) is 0 Å². The molecule has 29 valence electrons. The Morgan fingerprint density at radius 1 is 1.00 bits per heavy atom. The summed E-state index contributed by atoms with van der Waals surface area (Å²) in [4.78, 5) is 0. The normalized spacial score (nSPS) is 0. The molecule has 0 bridgehead atoms. The topological polar surface area (TPSA) is 31.5 Å². The standard InChI is InChI=1S/Co.Fe.H2O.Sr.2H/h;;1H2;;;. The third-order valence-electron chi connectivity index (χ3n) is 0. The summed E-state index contributed by atoms with van der Waals surface area (Å²) in [5.41, 5.74) is 0. The fraction of sp³-hybridized carbons (Fsp3) is 0. The average molecular weight is 222 g/mol. The molecule has 4 heteroatoms. The molecule has 0 amide bonds. The molecule has 0 heterocycles. The van der Waals surface area contributed by atoms with Crippen LogP contribution in [0.15, 0.2) is 0 Å². The maximum atomic E-state index is 0. The van der Waals surface area contributed by atoms with E-state index in [1.165, 1.54) is 0 Å².